The summed E-state index contributed by atoms with van der Waals surface area (Å²) in [5.74, 6) is -1.49. The van der Waals surface area contributed by atoms with Gasteiger partial charge in [0.1, 0.15) is 7.05 Å². The Morgan fingerprint density at radius 2 is 1.31 bits per heavy atom. The van der Waals surface area contributed by atoms with Crippen molar-refractivity contribution in [3.8, 4) is 0 Å². The maximum absolute atomic E-state index is 13.6. The van der Waals surface area contributed by atoms with E-state index < -0.39 is 27.9 Å². The highest BCUT2D eigenvalue weighted by molar-refractivity contribution is 6.19. The van der Waals surface area contributed by atoms with Gasteiger partial charge in [-0.3, -0.25) is 9.63 Å². The summed E-state index contributed by atoms with van der Waals surface area (Å²) in [6, 6.07) is 16.3. The van der Waals surface area contributed by atoms with Gasteiger partial charge in [-0.05, 0) is 15.8 Å². The maximum atomic E-state index is 13.6. The first-order valence-electron chi connectivity index (χ1n) is 7.96. The van der Waals surface area contributed by atoms with Crippen molar-refractivity contribution in [2.75, 3.05) is 21.3 Å². The van der Waals surface area contributed by atoms with E-state index >= 15 is 0 Å². The normalized spacial score (nSPS) is 22.6. The number of nitrogens with zero attached hydrogens (tertiary/aromatic N) is 2. The van der Waals surface area contributed by atoms with Crippen LogP contribution in [0.15, 0.2) is 60.7 Å². The molecule has 2 aromatic rings. The van der Waals surface area contributed by atoms with E-state index in [2.05, 4.69) is 0 Å². The average molecular weight is 355 g/mol. The second-order valence-electron chi connectivity index (χ2n) is 5.96. The summed E-state index contributed by atoms with van der Waals surface area (Å²) in [4.78, 5) is 50.0. The molecule has 2 aromatic carbocycles. The van der Waals surface area contributed by atoms with Gasteiger partial charge in [-0.25, -0.2) is 4.79 Å². The SMILES string of the molecule is CON1C(=O)C(c2ccccc2)(c2ccccc2)C(=O)[N@+](C)(OC)C1=O. The Hall–Kier alpha value is -2.87. The van der Waals surface area contributed by atoms with Crippen LogP contribution in [0.1, 0.15) is 11.1 Å². The standard InChI is InChI=1S/C19H19N2O5/c1-21(26-3)17(23)19(14-10-6-4-7-11-14,15-12-8-5-9-13-15)16(22)20(25-2)18(21)24/h4-13H,1-3H3/q+1/t21-/m0/s1. The molecule has 0 saturated carbocycles. The molecular formula is C19H19N2O5+. The van der Waals surface area contributed by atoms with Crippen LogP contribution in [-0.4, -0.2) is 48.8 Å². The molecule has 0 unspecified atom stereocenters. The monoisotopic (exact) mass is 355 g/mol. The number of hydrogen-bond acceptors (Lipinski definition) is 5. The van der Waals surface area contributed by atoms with E-state index in [0.717, 1.165) is 0 Å². The van der Waals surface area contributed by atoms with Crippen molar-refractivity contribution in [1.29, 1.82) is 0 Å². The molecule has 1 saturated heterocycles. The zero-order valence-electron chi connectivity index (χ0n) is 14.7. The molecule has 1 atom stereocenters. The van der Waals surface area contributed by atoms with Crippen LogP contribution in [0.5, 0.6) is 0 Å². The van der Waals surface area contributed by atoms with E-state index in [-0.39, 0.29) is 0 Å². The zero-order chi connectivity index (χ0) is 18.9. The minimum Gasteiger partial charge on any atom is -0.270 e. The fraction of sp³-hybridized carbons (Fsp3) is 0.211. The number of rotatable bonds is 4. The van der Waals surface area contributed by atoms with Gasteiger partial charge in [0, 0.05) is 0 Å². The fourth-order valence-corrected chi connectivity index (χ4v) is 3.27. The Morgan fingerprint density at radius 1 is 0.846 bits per heavy atom. The molecule has 0 N–H and O–H groups in total. The third kappa shape index (κ3) is 2.22. The number of amides is 4. The first-order valence-corrected chi connectivity index (χ1v) is 7.96. The summed E-state index contributed by atoms with van der Waals surface area (Å²) in [5.41, 5.74) is -0.925. The van der Waals surface area contributed by atoms with Gasteiger partial charge in [-0.1, -0.05) is 65.7 Å². The van der Waals surface area contributed by atoms with Crippen LogP contribution in [-0.2, 0) is 24.7 Å². The molecule has 4 amide bonds. The molecule has 3 rings (SSSR count). The van der Waals surface area contributed by atoms with Crippen molar-refractivity contribution in [3.63, 3.8) is 0 Å². The minimum absolute atomic E-state index is 0.428. The molecule has 1 fully saturated rings. The third-order valence-corrected chi connectivity index (χ3v) is 4.71. The Labute approximate surface area is 150 Å². The molecule has 1 aliphatic heterocycles. The van der Waals surface area contributed by atoms with Gasteiger partial charge >= 0.3 is 11.9 Å². The molecule has 7 nitrogen and oxygen atoms in total. The van der Waals surface area contributed by atoms with Gasteiger partial charge in [0.2, 0.25) is 5.41 Å². The predicted molar refractivity (Wildman–Crippen MR) is 91.1 cm³/mol. The van der Waals surface area contributed by atoms with E-state index in [1.54, 1.807) is 60.7 Å². The fourth-order valence-electron chi connectivity index (χ4n) is 3.27. The van der Waals surface area contributed by atoms with E-state index in [9.17, 15) is 14.4 Å². The number of hydrogen-bond donors (Lipinski definition) is 0. The third-order valence-electron chi connectivity index (χ3n) is 4.71. The van der Waals surface area contributed by atoms with Gasteiger partial charge in [-0.15, -0.1) is 0 Å². The minimum atomic E-state index is -1.78. The number of imide groups is 2. The highest BCUT2D eigenvalue weighted by atomic mass is 16.8. The molecule has 1 aliphatic rings. The quantitative estimate of drug-likeness (QED) is 0.620. The second-order valence-corrected chi connectivity index (χ2v) is 5.96. The first-order chi connectivity index (χ1) is 12.4. The van der Waals surface area contributed by atoms with Crippen LogP contribution >= 0.6 is 0 Å². The van der Waals surface area contributed by atoms with Crippen LogP contribution in [0.3, 0.4) is 0 Å². The lowest BCUT2D eigenvalue weighted by molar-refractivity contribution is -0.963. The van der Waals surface area contributed by atoms with Gasteiger partial charge in [-0.2, -0.15) is 9.63 Å². The number of carbonyl (C=O) groups excluding carboxylic acids is 3. The van der Waals surface area contributed by atoms with Crippen molar-refractivity contribution < 1.29 is 28.7 Å². The molecule has 134 valence electrons. The van der Waals surface area contributed by atoms with Crippen molar-refractivity contribution in [2.24, 2.45) is 0 Å². The lowest BCUT2D eigenvalue weighted by Gasteiger charge is -2.42. The number of likely N-dealkylation sites (N-methyl/N-ethyl adjacent to an activating group) is 1. The van der Waals surface area contributed by atoms with E-state index in [0.29, 0.717) is 16.2 Å². The Kier molecular flexibility index (Phi) is 4.45. The smallest absolute Gasteiger partial charge is 0.270 e. The number of urea groups is 1. The Morgan fingerprint density at radius 3 is 1.69 bits per heavy atom. The highest BCUT2D eigenvalue weighted by Gasteiger charge is 2.70. The molecule has 0 aromatic heterocycles. The van der Waals surface area contributed by atoms with Crippen LogP contribution in [0.2, 0.25) is 0 Å². The topological polar surface area (TPSA) is 72.9 Å². The largest absolute Gasteiger partial charge is 0.490 e. The van der Waals surface area contributed by atoms with Crippen LogP contribution < -0.4 is 0 Å². The predicted octanol–water partition coefficient (Wildman–Crippen LogP) is 2.03. The summed E-state index contributed by atoms with van der Waals surface area (Å²) in [5, 5.41) is 0.588. The Balaban J connectivity index is 2.40. The molecule has 0 aliphatic carbocycles. The number of carbonyl (C=O) groups is 3. The number of benzene rings is 2. The molecule has 0 radical (unpaired) electrons. The van der Waals surface area contributed by atoms with E-state index in [1.165, 1.54) is 21.3 Å². The molecular weight excluding hydrogens is 336 g/mol. The van der Waals surface area contributed by atoms with Crippen molar-refractivity contribution in [3.05, 3.63) is 71.8 Å². The number of hydroxylamine groups is 5. The molecule has 7 heteroatoms. The summed E-state index contributed by atoms with van der Waals surface area (Å²) in [6.07, 6.45) is 0. The lowest BCUT2D eigenvalue weighted by atomic mass is 9.71. The van der Waals surface area contributed by atoms with Crippen LogP contribution in [0.25, 0.3) is 0 Å². The summed E-state index contributed by atoms with van der Waals surface area (Å²) < 4.78 is -1.07. The van der Waals surface area contributed by atoms with Crippen molar-refractivity contribution in [2.45, 2.75) is 5.41 Å². The van der Waals surface area contributed by atoms with Crippen LogP contribution in [0, 0.1) is 0 Å². The van der Waals surface area contributed by atoms with Crippen molar-refractivity contribution in [1.82, 2.24) is 5.06 Å². The lowest BCUT2D eigenvalue weighted by Crippen LogP contribution is -2.74. The second kappa shape index (κ2) is 6.45. The molecule has 0 bridgehead atoms. The van der Waals surface area contributed by atoms with E-state index in [4.69, 9.17) is 9.68 Å². The number of quaternary nitrogens is 1. The Bertz CT molecular complexity index is 813. The molecule has 0 spiro atoms. The first kappa shape index (κ1) is 17.9. The van der Waals surface area contributed by atoms with Gasteiger partial charge < -0.3 is 0 Å². The van der Waals surface area contributed by atoms with Gasteiger partial charge in [0.15, 0.2) is 0 Å². The summed E-state index contributed by atoms with van der Waals surface area (Å²) in [7, 11) is 3.73. The van der Waals surface area contributed by atoms with Gasteiger partial charge in [0.25, 0.3) is 5.91 Å². The van der Waals surface area contributed by atoms with Crippen LogP contribution in [0.4, 0.5) is 4.79 Å². The van der Waals surface area contributed by atoms with Gasteiger partial charge in [0.05, 0.1) is 14.2 Å². The molecule has 1 heterocycles. The number of barbiturate groups is 1. The highest BCUT2D eigenvalue weighted by Crippen LogP contribution is 2.42. The maximum Gasteiger partial charge on any atom is 0.490 e. The molecule has 26 heavy (non-hydrogen) atoms. The average Bonchev–Trinajstić information content (AvgIpc) is 2.69. The van der Waals surface area contributed by atoms with E-state index in [1.807, 2.05) is 0 Å². The summed E-state index contributed by atoms with van der Waals surface area (Å²) in [6.45, 7) is 0. The van der Waals surface area contributed by atoms with Crippen molar-refractivity contribution >= 4 is 17.8 Å². The summed E-state index contributed by atoms with van der Waals surface area (Å²) >= 11 is 0. The zero-order valence-corrected chi connectivity index (χ0v) is 14.7.